The van der Waals surface area contributed by atoms with Gasteiger partial charge in [0.2, 0.25) is 5.91 Å². The number of anilines is 1. The van der Waals surface area contributed by atoms with Crippen LogP contribution < -0.4 is 15.4 Å². The summed E-state index contributed by atoms with van der Waals surface area (Å²) < 4.78 is 10.0. The predicted molar refractivity (Wildman–Crippen MR) is 76.1 cm³/mol. The van der Waals surface area contributed by atoms with Gasteiger partial charge in [0, 0.05) is 13.0 Å². The van der Waals surface area contributed by atoms with Crippen LogP contribution in [0.2, 0.25) is 0 Å². The van der Waals surface area contributed by atoms with Crippen LogP contribution in [0, 0.1) is 0 Å². The number of nitrogens with one attached hydrogen (secondary N) is 2. The lowest BCUT2D eigenvalue weighted by molar-refractivity contribution is -0.116. The minimum atomic E-state index is -0.552. The standard InChI is InChI=1S/C12H19N3O4S/c1-12(2,3)19-11(17)13-6-5-8(16)15-10-14-7-9(18-4)20-10/h7H,5-6H2,1-4H3,(H,13,17)(H,14,15,16). The van der Waals surface area contributed by atoms with Gasteiger partial charge in [-0.25, -0.2) is 9.78 Å². The van der Waals surface area contributed by atoms with E-state index >= 15 is 0 Å². The molecule has 20 heavy (non-hydrogen) atoms. The number of amides is 2. The van der Waals surface area contributed by atoms with Crippen LogP contribution in [0.1, 0.15) is 27.2 Å². The molecule has 0 saturated heterocycles. The zero-order valence-corrected chi connectivity index (χ0v) is 12.8. The number of carbonyl (C=O) groups is 2. The van der Waals surface area contributed by atoms with Crippen molar-refractivity contribution < 1.29 is 19.1 Å². The molecule has 1 aromatic rings. The van der Waals surface area contributed by atoms with Crippen molar-refractivity contribution in [1.82, 2.24) is 10.3 Å². The Labute approximate surface area is 121 Å². The molecule has 1 rings (SSSR count). The average Bonchev–Trinajstić information content (AvgIpc) is 2.74. The summed E-state index contributed by atoms with van der Waals surface area (Å²) in [5.74, 6) is -0.238. The van der Waals surface area contributed by atoms with E-state index in [1.165, 1.54) is 24.6 Å². The molecule has 2 N–H and O–H groups in total. The number of methoxy groups -OCH3 is 1. The van der Waals surface area contributed by atoms with Crippen LogP contribution in [-0.4, -0.2) is 36.2 Å². The molecule has 0 saturated carbocycles. The molecular formula is C12H19N3O4S. The summed E-state index contributed by atoms with van der Waals surface area (Å²) in [6, 6.07) is 0. The van der Waals surface area contributed by atoms with Crippen LogP contribution in [0.25, 0.3) is 0 Å². The van der Waals surface area contributed by atoms with Gasteiger partial charge in [0.1, 0.15) is 5.60 Å². The minimum Gasteiger partial charge on any atom is -0.486 e. The van der Waals surface area contributed by atoms with Crippen molar-refractivity contribution in [2.24, 2.45) is 0 Å². The van der Waals surface area contributed by atoms with E-state index in [9.17, 15) is 9.59 Å². The summed E-state index contributed by atoms with van der Waals surface area (Å²) in [4.78, 5) is 26.9. The third kappa shape index (κ3) is 6.37. The molecule has 1 aromatic heterocycles. The zero-order chi connectivity index (χ0) is 15.2. The van der Waals surface area contributed by atoms with Crippen LogP contribution in [-0.2, 0) is 9.53 Å². The lowest BCUT2D eigenvalue weighted by Crippen LogP contribution is -2.34. The second kappa shape index (κ2) is 7.09. The number of hydrogen-bond acceptors (Lipinski definition) is 6. The molecule has 0 unspecified atom stereocenters. The van der Waals surface area contributed by atoms with Gasteiger partial charge in [0.15, 0.2) is 10.2 Å². The van der Waals surface area contributed by atoms with Crippen LogP contribution in [0.5, 0.6) is 5.06 Å². The Morgan fingerprint density at radius 1 is 1.40 bits per heavy atom. The van der Waals surface area contributed by atoms with E-state index in [4.69, 9.17) is 9.47 Å². The van der Waals surface area contributed by atoms with E-state index in [1.807, 2.05) is 0 Å². The average molecular weight is 301 g/mol. The second-order valence-electron chi connectivity index (χ2n) is 4.92. The van der Waals surface area contributed by atoms with Gasteiger partial charge in [-0.3, -0.25) is 4.79 Å². The largest absolute Gasteiger partial charge is 0.486 e. The van der Waals surface area contributed by atoms with E-state index in [0.717, 1.165) is 0 Å². The summed E-state index contributed by atoms with van der Waals surface area (Å²) in [5, 5.41) is 6.20. The molecular weight excluding hydrogens is 282 g/mol. The third-order valence-electron chi connectivity index (χ3n) is 1.95. The zero-order valence-electron chi connectivity index (χ0n) is 12.0. The molecule has 0 aliphatic rings. The van der Waals surface area contributed by atoms with E-state index in [2.05, 4.69) is 15.6 Å². The molecule has 0 bridgehead atoms. The molecule has 0 atom stereocenters. The number of alkyl carbamates (subject to hydrolysis) is 1. The molecule has 0 fully saturated rings. The van der Waals surface area contributed by atoms with Gasteiger partial charge in [-0.1, -0.05) is 11.3 Å². The van der Waals surface area contributed by atoms with E-state index < -0.39 is 11.7 Å². The van der Waals surface area contributed by atoms with Crippen molar-refractivity contribution in [3.63, 3.8) is 0 Å². The lowest BCUT2D eigenvalue weighted by Gasteiger charge is -2.19. The Bertz CT molecular complexity index is 468. The van der Waals surface area contributed by atoms with Crippen LogP contribution in [0.4, 0.5) is 9.93 Å². The molecule has 112 valence electrons. The first kappa shape index (κ1) is 16.2. The maximum atomic E-state index is 11.6. The summed E-state index contributed by atoms with van der Waals surface area (Å²) in [6.45, 7) is 5.52. The van der Waals surface area contributed by atoms with Gasteiger partial charge in [0.25, 0.3) is 0 Å². The Morgan fingerprint density at radius 3 is 2.65 bits per heavy atom. The summed E-state index contributed by atoms with van der Waals surface area (Å²) >= 11 is 1.23. The summed E-state index contributed by atoms with van der Waals surface area (Å²) in [7, 11) is 1.53. The SMILES string of the molecule is COc1cnc(NC(=O)CCNC(=O)OC(C)(C)C)s1. The second-order valence-corrected chi connectivity index (χ2v) is 5.91. The highest BCUT2D eigenvalue weighted by Gasteiger charge is 2.16. The molecule has 0 aliphatic carbocycles. The summed E-state index contributed by atoms with van der Waals surface area (Å²) in [6.07, 6.45) is 1.13. The Morgan fingerprint density at radius 2 is 2.10 bits per heavy atom. The van der Waals surface area contributed by atoms with E-state index in [0.29, 0.717) is 10.2 Å². The summed E-state index contributed by atoms with van der Waals surface area (Å²) in [5.41, 5.74) is -0.552. The molecule has 0 radical (unpaired) electrons. The Kier molecular flexibility index (Phi) is 5.75. The van der Waals surface area contributed by atoms with Gasteiger partial charge in [-0.05, 0) is 20.8 Å². The van der Waals surface area contributed by atoms with Crippen LogP contribution >= 0.6 is 11.3 Å². The molecule has 0 aromatic carbocycles. The van der Waals surface area contributed by atoms with E-state index in [1.54, 1.807) is 20.8 Å². The minimum absolute atomic E-state index is 0.140. The fraction of sp³-hybridized carbons (Fsp3) is 0.583. The van der Waals surface area contributed by atoms with Crippen molar-refractivity contribution in [1.29, 1.82) is 0 Å². The third-order valence-corrected chi connectivity index (χ3v) is 2.83. The number of hydrogen-bond donors (Lipinski definition) is 2. The fourth-order valence-corrected chi connectivity index (χ4v) is 1.84. The predicted octanol–water partition coefficient (Wildman–Crippen LogP) is 2.00. The topological polar surface area (TPSA) is 89.5 Å². The molecule has 0 aliphatic heterocycles. The number of ether oxygens (including phenoxy) is 2. The first-order valence-electron chi connectivity index (χ1n) is 6.06. The van der Waals surface area contributed by atoms with Gasteiger partial charge in [-0.15, -0.1) is 0 Å². The van der Waals surface area contributed by atoms with Crippen LogP contribution in [0.3, 0.4) is 0 Å². The number of rotatable bonds is 5. The normalized spacial score (nSPS) is 10.8. The number of nitrogens with zero attached hydrogens (tertiary/aromatic N) is 1. The molecule has 0 spiro atoms. The highest BCUT2D eigenvalue weighted by molar-refractivity contribution is 7.17. The highest BCUT2D eigenvalue weighted by atomic mass is 32.1. The van der Waals surface area contributed by atoms with Gasteiger partial charge in [0.05, 0.1) is 13.3 Å². The maximum Gasteiger partial charge on any atom is 0.407 e. The first-order valence-corrected chi connectivity index (χ1v) is 6.88. The number of aromatic nitrogens is 1. The molecule has 2 amide bonds. The van der Waals surface area contributed by atoms with Gasteiger partial charge >= 0.3 is 6.09 Å². The molecule has 1 heterocycles. The molecule has 7 nitrogen and oxygen atoms in total. The fourth-order valence-electron chi connectivity index (χ4n) is 1.19. The van der Waals surface area contributed by atoms with Gasteiger partial charge in [-0.2, -0.15) is 0 Å². The van der Waals surface area contributed by atoms with Crippen molar-refractivity contribution in [3.05, 3.63) is 6.20 Å². The molecule has 8 heteroatoms. The quantitative estimate of drug-likeness (QED) is 0.868. The lowest BCUT2D eigenvalue weighted by atomic mass is 10.2. The van der Waals surface area contributed by atoms with Crippen molar-refractivity contribution in [2.45, 2.75) is 32.8 Å². The number of thiazole rings is 1. The smallest absolute Gasteiger partial charge is 0.407 e. The van der Waals surface area contributed by atoms with E-state index in [-0.39, 0.29) is 18.9 Å². The maximum absolute atomic E-state index is 11.6. The van der Waals surface area contributed by atoms with Crippen molar-refractivity contribution in [3.8, 4) is 5.06 Å². The van der Waals surface area contributed by atoms with Crippen molar-refractivity contribution >= 4 is 28.5 Å². The first-order chi connectivity index (χ1) is 9.30. The Hall–Kier alpha value is -1.83. The Balaban J connectivity index is 2.25. The highest BCUT2D eigenvalue weighted by Crippen LogP contribution is 2.24. The monoisotopic (exact) mass is 301 g/mol. The van der Waals surface area contributed by atoms with Crippen LogP contribution in [0.15, 0.2) is 6.20 Å². The number of carbonyl (C=O) groups excluding carboxylic acids is 2. The van der Waals surface area contributed by atoms with Gasteiger partial charge < -0.3 is 20.1 Å². The van der Waals surface area contributed by atoms with Crippen molar-refractivity contribution in [2.75, 3.05) is 19.0 Å².